The zero-order valence-corrected chi connectivity index (χ0v) is 20.7. The number of benzene rings is 3. The number of carbonyl (C=O) groups is 1. The average molecular weight is 542 g/mol. The molecule has 0 aliphatic carbocycles. The summed E-state index contributed by atoms with van der Waals surface area (Å²) in [7, 11) is 0. The smallest absolute Gasteiger partial charge is 0.418 e. The molecule has 2 heterocycles. The molecule has 1 aromatic heterocycles. The van der Waals surface area contributed by atoms with E-state index in [2.05, 4.69) is 20.5 Å². The predicted octanol–water partition coefficient (Wildman–Crippen LogP) is 5.32. The highest BCUT2D eigenvalue weighted by atomic mass is 19.4. The molecule has 1 fully saturated rings. The molecule has 0 unspecified atom stereocenters. The molecule has 3 aromatic carbocycles. The number of ether oxygens (including phenoxy) is 1. The second-order valence-electron chi connectivity index (χ2n) is 8.84. The highest BCUT2D eigenvalue weighted by Gasteiger charge is 2.35. The van der Waals surface area contributed by atoms with Crippen LogP contribution < -0.4 is 20.3 Å². The number of anilines is 4. The van der Waals surface area contributed by atoms with Crippen LogP contribution in [-0.4, -0.2) is 60.4 Å². The fourth-order valence-electron chi connectivity index (χ4n) is 4.29. The summed E-state index contributed by atoms with van der Waals surface area (Å²) in [6.07, 6.45) is -4.69. The molecule has 4 aromatic rings. The number of aliphatic hydroxyl groups excluding tert-OH is 1. The van der Waals surface area contributed by atoms with Gasteiger partial charge in [0, 0.05) is 37.6 Å². The van der Waals surface area contributed by atoms with Gasteiger partial charge in [0.2, 0.25) is 0 Å². The fourth-order valence-corrected chi connectivity index (χ4v) is 4.29. The first-order valence-electron chi connectivity index (χ1n) is 12.3. The summed E-state index contributed by atoms with van der Waals surface area (Å²) in [6.45, 7) is 1.26. The monoisotopic (exact) mass is 541 g/mol. The molecule has 0 atom stereocenters. The Kier molecular flexibility index (Phi) is 7.46. The molecule has 3 N–H and O–H groups in total. The maximum atomic E-state index is 13.6. The van der Waals surface area contributed by atoms with Crippen LogP contribution in [0.15, 0.2) is 71.1 Å². The lowest BCUT2D eigenvalue weighted by Crippen LogP contribution is -2.50. The number of para-hydroxylation sites is 2. The van der Waals surface area contributed by atoms with E-state index in [9.17, 15) is 18.0 Å². The van der Waals surface area contributed by atoms with E-state index in [1.807, 2.05) is 48.5 Å². The minimum absolute atomic E-state index is 0.0435. The summed E-state index contributed by atoms with van der Waals surface area (Å²) < 4.78 is 51.5. The second-order valence-corrected chi connectivity index (χ2v) is 8.84. The van der Waals surface area contributed by atoms with E-state index in [1.165, 1.54) is 11.0 Å². The van der Waals surface area contributed by atoms with E-state index in [-0.39, 0.29) is 24.7 Å². The summed E-state index contributed by atoms with van der Waals surface area (Å²) in [5.41, 5.74) is 1.84. The van der Waals surface area contributed by atoms with Gasteiger partial charge < -0.3 is 34.7 Å². The Bertz CT molecular complexity index is 1400. The normalized spacial score (nSPS) is 13.9. The van der Waals surface area contributed by atoms with Gasteiger partial charge in [0.1, 0.15) is 17.9 Å². The zero-order chi connectivity index (χ0) is 27.4. The van der Waals surface area contributed by atoms with Crippen LogP contribution in [-0.2, 0) is 6.18 Å². The number of piperazine rings is 1. The molecule has 0 radical (unpaired) electrons. The van der Waals surface area contributed by atoms with Crippen molar-refractivity contribution in [2.75, 3.05) is 54.9 Å². The van der Waals surface area contributed by atoms with Crippen molar-refractivity contribution in [3.8, 4) is 5.75 Å². The van der Waals surface area contributed by atoms with Gasteiger partial charge in [-0.2, -0.15) is 18.2 Å². The van der Waals surface area contributed by atoms with Gasteiger partial charge >= 0.3 is 12.2 Å². The number of alkyl halides is 3. The maximum absolute atomic E-state index is 13.6. The quantitative estimate of drug-likeness (QED) is 0.291. The van der Waals surface area contributed by atoms with Gasteiger partial charge in [-0.05, 0) is 54.6 Å². The number of amides is 2. The second kappa shape index (κ2) is 11.1. The Morgan fingerprint density at radius 2 is 1.77 bits per heavy atom. The number of aromatic nitrogens is 1. The number of urea groups is 1. The van der Waals surface area contributed by atoms with E-state index in [4.69, 9.17) is 14.3 Å². The summed E-state index contributed by atoms with van der Waals surface area (Å²) in [4.78, 5) is 20.8. The number of halogens is 3. The SMILES string of the molecule is O=C(Nc1ccc(OCCO)cc1C(F)(F)F)N1CCN(c2ccc(Nc3nc4ccccc4o3)cc2)CC1. The van der Waals surface area contributed by atoms with E-state index >= 15 is 0 Å². The zero-order valence-electron chi connectivity index (χ0n) is 20.7. The van der Waals surface area contributed by atoms with E-state index in [0.717, 1.165) is 29.0 Å². The first-order valence-corrected chi connectivity index (χ1v) is 12.3. The molecular weight excluding hydrogens is 515 g/mol. The van der Waals surface area contributed by atoms with Crippen LogP contribution >= 0.6 is 0 Å². The standard InChI is InChI=1S/C27H26F3N5O4/c28-27(29,30)21-17-20(38-16-15-36)9-10-22(21)33-26(37)35-13-11-34(12-14-35)19-7-5-18(6-8-19)31-25-32-23-3-1-2-4-24(23)39-25/h1-10,17,36H,11-16H2,(H,31,32)(H,33,37). The van der Waals surface area contributed by atoms with E-state index < -0.39 is 17.8 Å². The fraction of sp³-hybridized carbons (Fsp3) is 0.259. The molecule has 204 valence electrons. The summed E-state index contributed by atoms with van der Waals surface area (Å²) in [5.74, 6) is -0.0435. The Labute approximate surface area is 221 Å². The molecule has 1 saturated heterocycles. The highest BCUT2D eigenvalue weighted by Crippen LogP contribution is 2.37. The first kappa shape index (κ1) is 26.2. The van der Waals surface area contributed by atoms with Crippen molar-refractivity contribution in [3.63, 3.8) is 0 Å². The number of rotatable bonds is 7. The van der Waals surface area contributed by atoms with Gasteiger partial charge in [-0.15, -0.1) is 0 Å². The number of carbonyl (C=O) groups excluding carboxylic acids is 1. The van der Waals surface area contributed by atoms with E-state index in [1.54, 1.807) is 0 Å². The molecule has 0 saturated carbocycles. The average Bonchev–Trinajstić information content (AvgIpc) is 3.35. The molecule has 0 bridgehead atoms. The van der Waals surface area contributed by atoms with Crippen molar-refractivity contribution in [1.82, 2.24) is 9.88 Å². The number of fused-ring (bicyclic) bond motifs is 1. The molecule has 1 aliphatic heterocycles. The highest BCUT2D eigenvalue weighted by molar-refractivity contribution is 5.90. The van der Waals surface area contributed by atoms with Crippen molar-refractivity contribution < 1.29 is 32.2 Å². The maximum Gasteiger partial charge on any atom is 0.418 e. The van der Waals surface area contributed by atoms with Crippen molar-refractivity contribution in [3.05, 3.63) is 72.3 Å². The van der Waals surface area contributed by atoms with Gasteiger partial charge in [0.05, 0.1) is 17.9 Å². The molecule has 9 nitrogen and oxygen atoms in total. The van der Waals surface area contributed by atoms with Crippen LogP contribution in [0.1, 0.15) is 5.56 Å². The van der Waals surface area contributed by atoms with Gasteiger partial charge in [0.15, 0.2) is 5.58 Å². The lowest BCUT2D eigenvalue weighted by atomic mass is 10.1. The molecule has 39 heavy (non-hydrogen) atoms. The number of hydrogen-bond acceptors (Lipinski definition) is 7. The van der Waals surface area contributed by atoms with Crippen molar-refractivity contribution in [2.24, 2.45) is 0 Å². The largest absolute Gasteiger partial charge is 0.491 e. The van der Waals surface area contributed by atoms with Crippen molar-refractivity contribution in [1.29, 1.82) is 0 Å². The first-order chi connectivity index (χ1) is 18.8. The molecule has 0 spiro atoms. The molecule has 1 aliphatic rings. The molecular formula is C27H26F3N5O4. The van der Waals surface area contributed by atoms with Crippen LogP contribution in [0.2, 0.25) is 0 Å². The minimum atomic E-state index is -4.69. The number of aliphatic hydroxyl groups is 1. The van der Waals surface area contributed by atoms with Gasteiger partial charge in [0.25, 0.3) is 6.01 Å². The van der Waals surface area contributed by atoms with Crippen LogP contribution in [0.25, 0.3) is 11.1 Å². The van der Waals surface area contributed by atoms with Crippen molar-refractivity contribution >= 4 is 40.2 Å². The van der Waals surface area contributed by atoms with Crippen LogP contribution in [0.3, 0.4) is 0 Å². The lowest BCUT2D eigenvalue weighted by molar-refractivity contribution is -0.137. The van der Waals surface area contributed by atoms with Crippen molar-refractivity contribution in [2.45, 2.75) is 6.18 Å². The molecule has 2 amide bonds. The van der Waals surface area contributed by atoms with Crippen LogP contribution in [0.5, 0.6) is 5.75 Å². The lowest BCUT2D eigenvalue weighted by Gasteiger charge is -2.36. The third-order valence-corrected chi connectivity index (χ3v) is 6.24. The minimum Gasteiger partial charge on any atom is -0.491 e. The Hall–Kier alpha value is -4.45. The topological polar surface area (TPSA) is 103 Å². The van der Waals surface area contributed by atoms with Gasteiger partial charge in [-0.1, -0.05) is 12.1 Å². The number of nitrogens with one attached hydrogen (secondary N) is 2. The molecule has 5 rings (SSSR count). The summed E-state index contributed by atoms with van der Waals surface area (Å²) in [5, 5.41) is 14.4. The summed E-state index contributed by atoms with van der Waals surface area (Å²) >= 11 is 0. The molecule has 12 heteroatoms. The van der Waals surface area contributed by atoms with Crippen LogP contribution in [0, 0.1) is 0 Å². The van der Waals surface area contributed by atoms with Gasteiger partial charge in [-0.25, -0.2) is 4.79 Å². The number of nitrogens with zero attached hydrogens (tertiary/aromatic N) is 3. The third-order valence-electron chi connectivity index (χ3n) is 6.24. The predicted molar refractivity (Wildman–Crippen MR) is 141 cm³/mol. The Morgan fingerprint density at radius 3 is 2.46 bits per heavy atom. The van der Waals surface area contributed by atoms with Crippen LogP contribution in [0.4, 0.5) is 41.0 Å². The Balaban J connectivity index is 1.17. The van der Waals surface area contributed by atoms with E-state index in [0.29, 0.717) is 37.8 Å². The summed E-state index contributed by atoms with van der Waals surface area (Å²) in [6, 6.07) is 18.2. The van der Waals surface area contributed by atoms with Gasteiger partial charge in [-0.3, -0.25) is 0 Å². The number of hydrogen-bond donors (Lipinski definition) is 3. The third kappa shape index (κ3) is 6.17. The Morgan fingerprint density at radius 1 is 1.03 bits per heavy atom. The number of oxazole rings is 1.